The minimum Gasteiger partial charge on any atom is -0.376 e. The number of ether oxygens (including phenoxy) is 1. The molecule has 5 nitrogen and oxygen atoms in total. The van der Waals surface area contributed by atoms with Gasteiger partial charge in [0.25, 0.3) is 0 Å². The summed E-state index contributed by atoms with van der Waals surface area (Å²) >= 11 is 1.82. The third-order valence-electron chi connectivity index (χ3n) is 5.64. The van der Waals surface area contributed by atoms with Crippen molar-refractivity contribution in [3.05, 3.63) is 35.9 Å². The molecule has 2 fully saturated rings. The minimum atomic E-state index is 0.303. The van der Waals surface area contributed by atoms with Gasteiger partial charge in [-0.05, 0) is 43.6 Å². The second-order valence-electron chi connectivity index (χ2n) is 7.78. The first kappa shape index (κ1) is 18.8. The van der Waals surface area contributed by atoms with Crippen LogP contribution >= 0.6 is 11.8 Å². The summed E-state index contributed by atoms with van der Waals surface area (Å²) in [4.78, 5) is 2.42. The van der Waals surface area contributed by atoms with Crippen molar-refractivity contribution < 1.29 is 4.74 Å². The van der Waals surface area contributed by atoms with Gasteiger partial charge in [0.1, 0.15) is 0 Å². The summed E-state index contributed by atoms with van der Waals surface area (Å²) in [6.07, 6.45) is 6.14. The van der Waals surface area contributed by atoms with E-state index in [1.807, 2.05) is 11.8 Å². The highest BCUT2D eigenvalue weighted by Crippen LogP contribution is 2.28. The van der Waals surface area contributed by atoms with Gasteiger partial charge in [-0.3, -0.25) is 4.57 Å². The minimum absolute atomic E-state index is 0.303. The van der Waals surface area contributed by atoms with E-state index in [4.69, 9.17) is 4.74 Å². The van der Waals surface area contributed by atoms with Crippen molar-refractivity contribution in [1.29, 1.82) is 0 Å². The number of piperidine rings is 1. The predicted molar refractivity (Wildman–Crippen MR) is 110 cm³/mol. The highest BCUT2D eigenvalue weighted by molar-refractivity contribution is 7.99. The van der Waals surface area contributed by atoms with Gasteiger partial charge >= 0.3 is 0 Å². The van der Waals surface area contributed by atoms with Crippen molar-refractivity contribution in [2.45, 2.75) is 56.8 Å². The number of hydrogen-bond donors (Lipinski definition) is 0. The maximum atomic E-state index is 5.91. The molecule has 1 atom stereocenters. The molecule has 2 aliphatic rings. The molecule has 4 rings (SSSR count). The summed E-state index contributed by atoms with van der Waals surface area (Å²) in [5.74, 6) is 2.88. The lowest BCUT2D eigenvalue weighted by atomic mass is 10.00. The summed E-state index contributed by atoms with van der Waals surface area (Å²) in [6, 6.07) is 10.7. The Hall–Kier alpha value is -1.53. The summed E-state index contributed by atoms with van der Waals surface area (Å²) < 4.78 is 8.23. The second kappa shape index (κ2) is 9.11. The van der Waals surface area contributed by atoms with E-state index in [1.54, 1.807) is 0 Å². The lowest BCUT2D eigenvalue weighted by molar-refractivity contribution is 0.0951. The van der Waals surface area contributed by atoms with Crippen molar-refractivity contribution in [3.8, 4) is 0 Å². The smallest absolute Gasteiger partial charge is 0.228 e. The van der Waals surface area contributed by atoms with Crippen LogP contribution < -0.4 is 4.90 Å². The summed E-state index contributed by atoms with van der Waals surface area (Å²) in [5, 5.41) is 10.2. The van der Waals surface area contributed by atoms with E-state index in [1.165, 1.54) is 24.8 Å². The molecule has 1 aromatic carbocycles. The maximum Gasteiger partial charge on any atom is 0.228 e. The number of benzene rings is 1. The molecule has 2 aliphatic heterocycles. The topological polar surface area (TPSA) is 43.2 Å². The maximum absolute atomic E-state index is 5.91. The molecule has 0 bridgehead atoms. The van der Waals surface area contributed by atoms with Crippen LogP contribution in [0.25, 0.3) is 0 Å². The molecule has 1 unspecified atom stereocenters. The lowest BCUT2D eigenvalue weighted by Crippen LogP contribution is -2.35. The fourth-order valence-corrected chi connectivity index (χ4v) is 4.82. The van der Waals surface area contributed by atoms with E-state index in [9.17, 15) is 0 Å². The Bertz CT molecular complexity index is 706. The molecular weight excluding hydrogens is 356 g/mol. The number of anilines is 1. The zero-order valence-corrected chi connectivity index (χ0v) is 17.0. The number of aromatic nitrogens is 3. The van der Waals surface area contributed by atoms with Gasteiger partial charge in [-0.25, -0.2) is 0 Å². The van der Waals surface area contributed by atoms with Gasteiger partial charge in [0, 0.05) is 25.4 Å². The molecule has 27 heavy (non-hydrogen) atoms. The number of thioether (sulfide) groups is 1. The van der Waals surface area contributed by atoms with Gasteiger partial charge in [-0.2, -0.15) is 0 Å². The molecule has 6 heteroatoms. The fourth-order valence-electron chi connectivity index (χ4n) is 3.89. The Morgan fingerprint density at radius 1 is 1.11 bits per heavy atom. The third-order valence-corrected chi connectivity index (χ3v) is 6.61. The molecule has 0 amide bonds. The first-order valence-electron chi connectivity index (χ1n) is 10.3. The van der Waals surface area contributed by atoms with E-state index in [0.29, 0.717) is 6.10 Å². The number of aryl methyl sites for hydroxylation is 1. The first-order valence-corrected chi connectivity index (χ1v) is 11.2. The Balaban J connectivity index is 1.46. The van der Waals surface area contributed by atoms with E-state index < -0.39 is 0 Å². The quantitative estimate of drug-likeness (QED) is 0.672. The number of nitrogens with zero attached hydrogens (tertiary/aromatic N) is 4. The Labute approximate surface area is 166 Å². The number of rotatable bonds is 7. The Kier molecular flexibility index (Phi) is 6.35. The molecular formula is C21H30N4OS. The monoisotopic (exact) mass is 386 g/mol. The number of hydrogen-bond acceptors (Lipinski definition) is 5. The normalized spacial score (nSPS) is 21.1. The highest BCUT2D eigenvalue weighted by Gasteiger charge is 2.25. The largest absolute Gasteiger partial charge is 0.376 e. The van der Waals surface area contributed by atoms with Crippen LogP contribution in [0.2, 0.25) is 0 Å². The van der Waals surface area contributed by atoms with Gasteiger partial charge in [0.05, 0.1) is 12.6 Å². The standard InChI is InChI=1S/C21H30N4OS/c1-17-9-12-24(13-10-17)20-22-23-21(25(20)16-19-8-5-14-26-19)27-15-11-18-6-3-2-4-7-18/h2-4,6-7,17,19H,5,8-16H2,1H3. The molecule has 146 valence electrons. The van der Waals surface area contributed by atoms with Crippen molar-refractivity contribution in [2.24, 2.45) is 5.92 Å². The lowest BCUT2D eigenvalue weighted by Gasteiger charge is -2.31. The first-order chi connectivity index (χ1) is 13.3. The van der Waals surface area contributed by atoms with Crippen LogP contribution in [0.3, 0.4) is 0 Å². The SMILES string of the molecule is CC1CCN(c2nnc(SCCc3ccccc3)n2CC2CCCO2)CC1. The third kappa shape index (κ3) is 4.85. The molecule has 0 radical (unpaired) electrons. The molecule has 0 N–H and O–H groups in total. The zero-order valence-electron chi connectivity index (χ0n) is 16.2. The molecule has 0 saturated carbocycles. The molecule has 1 aromatic heterocycles. The highest BCUT2D eigenvalue weighted by atomic mass is 32.2. The zero-order chi connectivity index (χ0) is 18.5. The fraction of sp³-hybridized carbons (Fsp3) is 0.619. The van der Waals surface area contributed by atoms with Crippen LogP contribution in [0, 0.1) is 5.92 Å². The van der Waals surface area contributed by atoms with Crippen molar-refractivity contribution in [2.75, 3.05) is 30.3 Å². The summed E-state index contributed by atoms with van der Waals surface area (Å²) in [6.45, 7) is 6.28. The van der Waals surface area contributed by atoms with E-state index >= 15 is 0 Å². The van der Waals surface area contributed by atoms with E-state index in [2.05, 4.69) is 56.9 Å². The van der Waals surface area contributed by atoms with Gasteiger partial charge < -0.3 is 9.64 Å². The predicted octanol–water partition coefficient (Wildman–Crippen LogP) is 4.03. The van der Waals surface area contributed by atoms with Crippen LogP contribution in [0.4, 0.5) is 5.95 Å². The van der Waals surface area contributed by atoms with Gasteiger partial charge in [-0.15, -0.1) is 10.2 Å². The molecule has 2 saturated heterocycles. The van der Waals surface area contributed by atoms with Crippen LogP contribution in [0.5, 0.6) is 0 Å². The van der Waals surface area contributed by atoms with Gasteiger partial charge in [0.2, 0.25) is 5.95 Å². The summed E-state index contributed by atoms with van der Waals surface area (Å²) in [7, 11) is 0. The van der Waals surface area contributed by atoms with Crippen LogP contribution in [0.15, 0.2) is 35.5 Å². The molecule has 0 aliphatic carbocycles. The Morgan fingerprint density at radius 3 is 2.67 bits per heavy atom. The van der Waals surface area contributed by atoms with E-state index in [0.717, 1.165) is 61.9 Å². The average Bonchev–Trinajstić information content (AvgIpc) is 3.34. The van der Waals surface area contributed by atoms with Crippen LogP contribution in [-0.2, 0) is 17.7 Å². The van der Waals surface area contributed by atoms with E-state index in [-0.39, 0.29) is 0 Å². The van der Waals surface area contributed by atoms with Crippen molar-refractivity contribution in [3.63, 3.8) is 0 Å². The molecule has 0 spiro atoms. The van der Waals surface area contributed by atoms with Crippen LogP contribution in [0.1, 0.15) is 38.2 Å². The molecule has 2 aromatic rings. The Morgan fingerprint density at radius 2 is 1.93 bits per heavy atom. The molecule has 3 heterocycles. The van der Waals surface area contributed by atoms with Gasteiger partial charge in [-0.1, -0.05) is 49.0 Å². The van der Waals surface area contributed by atoms with Crippen LogP contribution in [-0.4, -0.2) is 46.3 Å². The van der Waals surface area contributed by atoms with Crippen molar-refractivity contribution >= 4 is 17.7 Å². The van der Waals surface area contributed by atoms with Gasteiger partial charge in [0.15, 0.2) is 5.16 Å². The summed E-state index contributed by atoms with van der Waals surface area (Å²) in [5.41, 5.74) is 1.38. The van der Waals surface area contributed by atoms with Crippen molar-refractivity contribution in [1.82, 2.24) is 14.8 Å². The second-order valence-corrected chi connectivity index (χ2v) is 8.84. The average molecular weight is 387 g/mol.